The molecule has 6 heteroatoms. The number of amides is 2. The van der Waals surface area contributed by atoms with E-state index in [0.29, 0.717) is 19.1 Å². The molecule has 0 aromatic heterocycles. The Labute approximate surface area is 98.5 Å². The molecule has 2 heterocycles. The first-order valence-electron chi connectivity index (χ1n) is 5.57. The van der Waals surface area contributed by atoms with E-state index < -0.39 is 0 Å². The van der Waals surface area contributed by atoms with E-state index in [0.717, 1.165) is 12.8 Å². The summed E-state index contributed by atoms with van der Waals surface area (Å²) in [7, 11) is 0. The highest BCUT2D eigenvalue weighted by molar-refractivity contribution is 8.02. The number of aliphatic hydroxyl groups is 1. The van der Waals surface area contributed by atoms with E-state index in [1.807, 2.05) is 11.6 Å². The van der Waals surface area contributed by atoms with Gasteiger partial charge < -0.3 is 10.4 Å². The van der Waals surface area contributed by atoms with Crippen molar-refractivity contribution in [1.29, 1.82) is 0 Å². The molecule has 1 atom stereocenters. The Morgan fingerprint density at radius 3 is 2.81 bits per heavy atom. The number of carbonyl (C=O) groups is 1. The summed E-state index contributed by atoms with van der Waals surface area (Å²) in [5, 5.41) is 14.2. The summed E-state index contributed by atoms with van der Waals surface area (Å²) in [6, 6.07) is 0.365. The molecule has 3 aliphatic rings. The average molecular weight is 241 g/mol. The third kappa shape index (κ3) is 1.92. The molecule has 16 heavy (non-hydrogen) atoms. The Hall–Kier alpha value is -0.720. The lowest BCUT2D eigenvalue weighted by atomic mass is 10.2. The van der Waals surface area contributed by atoms with Gasteiger partial charge in [0.25, 0.3) is 0 Å². The molecule has 0 aromatic rings. The van der Waals surface area contributed by atoms with Crippen molar-refractivity contribution in [3.05, 3.63) is 11.6 Å². The summed E-state index contributed by atoms with van der Waals surface area (Å²) in [4.78, 5) is 15.7. The van der Waals surface area contributed by atoms with Gasteiger partial charge in [0, 0.05) is 25.3 Å². The quantitative estimate of drug-likeness (QED) is 0.732. The first kappa shape index (κ1) is 10.4. The number of nitrogens with one attached hydrogen (secondary N) is 1. The molecule has 2 aliphatic heterocycles. The Balaban J connectivity index is 1.59. The van der Waals surface area contributed by atoms with Gasteiger partial charge in [0.1, 0.15) is 5.50 Å². The first-order chi connectivity index (χ1) is 7.74. The maximum absolute atomic E-state index is 11.9. The fraction of sp³-hybridized carbons (Fsp3) is 0.700. The lowest BCUT2D eigenvalue weighted by Crippen LogP contribution is -2.59. The number of hydrogen-bond acceptors (Lipinski definition) is 4. The summed E-state index contributed by atoms with van der Waals surface area (Å²) < 4.78 is 0. The van der Waals surface area contributed by atoms with Gasteiger partial charge in [-0.15, -0.1) is 0 Å². The Morgan fingerprint density at radius 2 is 2.19 bits per heavy atom. The number of carbonyl (C=O) groups excluding carboxylic acids is 1. The lowest BCUT2D eigenvalue weighted by molar-refractivity contribution is -0.0248. The van der Waals surface area contributed by atoms with Gasteiger partial charge in [-0.2, -0.15) is 0 Å². The normalized spacial score (nSPS) is 30.6. The molecule has 1 saturated heterocycles. The van der Waals surface area contributed by atoms with Gasteiger partial charge in [0.05, 0.1) is 6.10 Å². The summed E-state index contributed by atoms with van der Waals surface area (Å²) in [6.07, 6.45) is 3.79. The van der Waals surface area contributed by atoms with Crippen LogP contribution in [-0.2, 0) is 0 Å². The molecule has 2 N–H and O–H groups in total. The van der Waals surface area contributed by atoms with Crippen LogP contribution >= 0.6 is 11.8 Å². The smallest absolute Gasteiger partial charge is 0.323 e. The topological polar surface area (TPSA) is 55.8 Å². The van der Waals surface area contributed by atoms with Gasteiger partial charge in [-0.05, 0) is 18.2 Å². The van der Waals surface area contributed by atoms with Gasteiger partial charge in [-0.25, -0.2) is 4.79 Å². The molecule has 0 aromatic carbocycles. The first-order valence-corrected chi connectivity index (χ1v) is 6.51. The molecule has 1 unspecified atom stereocenters. The number of nitrogens with zero attached hydrogens (tertiary/aromatic N) is 2. The zero-order valence-electron chi connectivity index (χ0n) is 8.87. The minimum absolute atomic E-state index is 0.0184. The SMILES string of the molecule is O=C(NC1CC1)N1C=CSC1N1CC(O)C1. The van der Waals surface area contributed by atoms with Crippen LogP contribution in [0.15, 0.2) is 11.6 Å². The summed E-state index contributed by atoms with van der Waals surface area (Å²) in [5.41, 5.74) is 0.0298. The van der Waals surface area contributed by atoms with Gasteiger partial charge in [0.15, 0.2) is 0 Å². The van der Waals surface area contributed by atoms with Gasteiger partial charge >= 0.3 is 6.03 Å². The molecule has 0 radical (unpaired) electrons. The maximum Gasteiger partial charge on any atom is 0.323 e. The third-order valence-corrected chi connectivity index (χ3v) is 4.05. The zero-order valence-corrected chi connectivity index (χ0v) is 9.69. The number of aliphatic hydroxyl groups excluding tert-OH is 1. The minimum Gasteiger partial charge on any atom is -0.390 e. The second-order valence-corrected chi connectivity index (χ2v) is 5.45. The average Bonchev–Trinajstić information content (AvgIpc) is 2.89. The lowest BCUT2D eigenvalue weighted by Gasteiger charge is -2.42. The van der Waals surface area contributed by atoms with Crippen molar-refractivity contribution in [2.45, 2.75) is 30.5 Å². The molecule has 2 fully saturated rings. The van der Waals surface area contributed by atoms with Crippen LogP contribution in [0.4, 0.5) is 4.79 Å². The van der Waals surface area contributed by atoms with Gasteiger partial charge in [-0.3, -0.25) is 9.80 Å². The molecule has 2 amide bonds. The van der Waals surface area contributed by atoms with E-state index in [2.05, 4.69) is 10.2 Å². The van der Waals surface area contributed by atoms with Crippen molar-refractivity contribution < 1.29 is 9.90 Å². The van der Waals surface area contributed by atoms with E-state index in [1.54, 1.807) is 16.7 Å². The highest BCUT2D eigenvalue weighted by atomic mass is 32.2. The predicted molar refractivity (Wildman–Crippen MR) is 61.5 cm³/mol. The van der Waals surface area contributed by atoms with Crippen LogP contribution in [0.3, 0.4) is 0 Å². The van der Waals surface area contributed by atoms with Crippen molar-refractivity contribution in [1.82, 2.24) is 15.1 Å². The molecular weight excluding hydrogens is 226 g/mol. The number of hydrogen-bond donors (Lipinski definition) is 2. The van der Waals surface area contributed by atoms with Crippen LogP contribution < -0.4 is 5.32 Å². The molecule has 3 rings (SSSR count). The monoisotopic (exact) mass is 241 g/mol. The Morgan fingerprint density at radius 1 is 1.44 bits per heavy atom. The van der Waals surface area contributed by atoms with Crippen LogP contribution in [0.25, 0.3) is 0 Å². The minimum atomic E-state index is -0.227. The van der Waals surface area contributed by atoms with E-state index in [4.69, 9.17) is 0 Å². The predicted octanol–water partition coefficient (Wildman–Crippen LogP) is 0.339. The second-order valence-electron chi connectivity index (χ2n) is 4.49. The van der Waals surface area contributed by atoms with Crippen molar-refractivity contribution in [3.63, 3.8) is 0 Å². The van der Waals surface area contributed by atoms with Crippen LogP contribution in [-0.4, -0.2) is 51.7 Å². The second kappa shape index (κ2) is 3.94. The summed E-state index contributed by atoms with van der Waals surface area (Å²) in [5.74, 6) is 0. The number of likely N-dealkylation sites (tertiary alicyclic amines) is 1. The van der Waals surface area contributed by atoms with Crippen LogP contribution in [0.5, 0.6) is 0 Å². The zero-order chi connectivity index (χ0) is 11.1. The highest BCUT2D eigenvalue weighted by Gasteiger charge is 2.38. The van der Waals surface area contributed by atoms with Gasteiger partial charge in [-0.1, -0.05) is 11.8 Å². The van der Waals surface area contributed by atoms with E-state index in [1.165, 1.54) is 0 Å². The molecule has 1 aliphatic carbocycles. The van der Waals surface area contributed by atoms with E-state index in [9.17, 15) is 9.90 Å². The number of urea groups is 1. The Bertz CT molecular complexity index is 326. The molecule has 88 valence electrons. The van der Waals surface area contributed by atoms with Crippen molar-refractivity contribution in [3.8, 4) is 0 Å². The van der Waals surface area contributed by atoms with E-state index in [-0.39, 0.29) is 17.6 Å². The Kier molecular flexibility index (Phi) is 2.57. The largest absolute Gasteiger partial charge is 0.390 e. The number of thioether (sulfide) groups is 1. The van der Waals surface area contributed by atoms with Crippen molar-refractivity contribution in [2.24, 2.45) is 0 Å². The fourth-order valence-electron chi connectivity index (χ4n) is 1.89. The third-order valence-electron chi connectivity index (χ3n) is 3.00. The van der Waals surface area contributed by atoms with Crippen LogP contribution in [0.2, 0.25) is 0 Å². The molecule has 0 bridgehead atoms. The fourth-order valence-corrected chi connectivity index (χ4v) is 2.87. The highest BCUT2D eigenvalue weighted by Crippen LogP contribution is 2.31. The maximum atomic E-state index is 11.9. The molecule has 0 spiro atoms. The number of rotatable bonds is 2. The standard InChI is InChI=1S/C10H15N3O2S/c14-8-5-12(6-8)10-13(3-4-16-10)9(15)11-7-1-2-7/h3-4,7-8,10,14H,1-2,5-6H2,(H,11,15). The van der Waals surface area contributed by atoms with Crippen molar-refractivity contribution >= 4 is 17.8 Å². The van der Waals surface area contributed by atoms with E-state index >= 15 is 0 Å². The molecule has 1 saturated carbocycles. The van der Waals surface area contributed by atoms with Crippen LogP contribution in [0.1, 0.15) is 12.8 Å². The summed E-state index contributed by atoms with van der Waals surface area (Å²) >= 11 is 1.61. The van der Waals surface area contributed by atoms with Gasteiger partial charge in [0.2, 0.25) is 0 Å². The number of β-amino-alcohol motifs (C(OH)–C–C–N with tert-alkyl or cyclic N) is 1. The van der Waals surface area contributed by atoms with Crippen molar-refractivity contribution in [2.75, 3.05) is 13.1 Å². The van der Waals surface area contributed by atoms with Crippen LogP contribution in [0, 0.1) is 0 Å². The molecular formula is C10H15N3O2S. The summed E-state index contributed by atoms with van der Waals surface area (Å²) in [6.45, 7) is 1.32. The molecule has 5 nitrogen and oxygen atoms in total.